The highest BCUT2D eigenvalue weighted by molar-refractivity contribution is 6.23. The minimum Gasteiger partial charge on any atom is -0.507 e. The van der Waals surface area contributed by atoms with Gasteiger partial charge in [-0.15, -0.1) is 0 Å². The van der Waals surface area contributed by atoms with Crippen molar-refractivity contribution in [2.75, 3.05) is 25.5 Å². The van der Waals surface area contributed by atoms with Crippen LogP contribution < -0.4 is 10.1 Å². The standard InChI is InChI=1S/C42H55N3O12/c1-20-13-12-14-21(2)41(53)44-32-27(19-43-45-16-10-11-17-45)36(50)29-30(37(32)51)35(49)25(6)39-31(29)40(52)42(8,57-39)55-18-15-28(54-9)22(3)38(56-26(7)46)24(5)34(48)23(4)33(20)47/h12-15,18-20,22-24,28,33-34,38,47-51H,10-11,16-17H2,1-9H3,(H,44,53)/b13-12-,18-15-,21-14-,43-19-. The number of phenolic OH excluding ortho intramolecular Hbond substituents is 3. The lowest BCUT2D eigenvalue weighted by molar-refractivity contribution is -0.160. The van der Waals surface area contributed by atoms with E-state index in [0.29, 0.717) is 13.1 Å². The first-order chi connectivity index (χ1) is 26.8. The van der Waals surface area contributed by atoms with Crippen LogP contribution in [0, 0.1) is 30.6 Å². The summed E-state index contributed by atoms with van der Waals surface area (Å²) in [5.41, 5.74) is -0.313. The number of ether oxygens (including phenoxy) is 4. The van der Waals surface area contributed by atoms with Crippen LogP contribution in [0.25, 0.3) is 10.8 Å². The molecule has 0 aromatic heterocycles. The monoisotopic (exact) mass is 793 g/mol. The molecule has 6 rings (SSSR count). The Kier molecular flexibility index (Phi) is 13.0. The zero-order chi connectivity index (χ0) is 42.1. The van der Waals surface area contributed by atoms with E-state index in [0.717, 1.165) is 12.8 Å². The van der Waals surface area contributed by atoms with Gasteiger partial charge in [-0.1, -0.05) is 45.9 Å². The number of aliphatic hydroxyl groups is 2. The number of amides is 1. The second-order valence-corrected chi connectivity index (χ2v) is 15.5. The van der Waals surface area contributed by atoms with Gasteiger partial charge in [0, 0.05) is 74.2 Å². The molecule has 2 aromatic carbocycles. The van der Waals surface area contributed by atoms with Crippen LogP contribution in [0.1, 0.15) is 82.8 Å². The van der Waals surface area contributed by atoms with Gasteiger partial charge in [0.1, 0.15) is 23.4 Å². The third kappa shape index (κ3) is 8.32. The molecule has 0 radical (unpaired) electrons. The number of hydrazone groups is 1. The number of carbonyl (C=O) groups is 3. The SMILES string of the molecule is COC1/C=C\OC2(C)Oc3c(C)c(O)c4c(O)c(c(/C=N\N5CCCC5)c(O)c4c3C2=O)NC(=O)/C(C)=C\C=C/C(C)C(O)C(C)C(O)C(C)C(OC(C)=O)C1C. The molecule has 6 N–H and O–H groups in total. The van der Waals surface area contributed by atoms with E-state index in [4.69, 9.17) is 18.9 Å². The number of carbonyl (C=O) groups excluding carboxylic acids is 3. The first kappa shape index (κ1) is 43.0. The average molecular weight is 794 g/mol. The molecule has 57 heavy (non-hydrogen) atoms. The second kappa shape index (κ2) is 17.2. The number of aromatic hydroxyl groups is 3. The van der Waals surface area contributed by atoms with Crippen molar-refractivity contribution in [2.45, 2.75) is 98.4 Å². The number of rotatable bonds is 4. The number of allylic oxidation sites excluding steroid dienone is 2. The van der Waals surface area contributed by atoms with Gasteiger partial charge in [0.05, 0.1) is 53.0 Å². The summed E-state index contributed by atoms with van der Waals surface area (Å²) in [6, 6.07) is 0. The van der Waals surface area contributed by atoms with E-state index in [1.807, 2.05) is 0 Å². The lowest BCUT2D eigenvalue weighted by atomic mass is 9.78. The van der Waals surface area contributed by atoms with Crippen molar-refractivity contribution in [1.82, 2.24) is 5.01 Å². The molecule has 2 aromatic rings. The lowest BCUT2D eigenvalue weighted by Gasteiger charge is -2.38. The third-order valence-electron chi connectivity index (χ3n) is 11.5. The van der Waals surface area contributed by atoms with Crippen LogP contribution in [0.5, 0.6) is 23.0 Å². The highest BCUT2D eigenvalue weighted by atomic mass is 16.7. The maximum absolute atomic E-state index is 14.4. The molecule has 1 amide bonds. The van der Waals surface area contributed by atoms with E-state index in [1.54, 1.807) is 44.9 Å². The van der Waals surface area contributed by atoms with Gasteiger partial charge in [0.2, 0.25) is 0 Å². The van der Waals surface area contributed by atoms with Gasteiger partial charge >= 0.3 is 11.8 Å². The highest BCUT2D eigenvalue weighted by Gasteiger charge is 2.50. The Labute approximate surface area is 332 Å². The molecule has 1 fully saturated rings. The Bertz CT molecular complexity index is 2020. The Morgan fingerprint density at radius 2 is 1.63 bits per heavy atom. The fraction of sp³-hybridized carbons (Fsp3) is 0.524. The molecule has 9 unspecified atom stereocenters. The molecule has 4 aliphatic rings. The van der Waals surface area contributed by atoms with E-state index in [2.05, 4.69) is 10.4 Å². The number of aliphatic hydroxyl groups excluding tert-OH is 2. The lowest BCUT2D eigenvalue weighted by Crippen LogP contribution is -2.46. The Hall–Kier alpha value is -5.12. The number of benzene rings is 2. The third-order valence-corrected chi connectivity index (χ3v) is 11.5. The zero-order valence-corrected chi connectivity index (χ0v) is 33.9. The normalized spacial score (nSPS) is 32.2. The number of methoxy groups -OCH3 is 1. The fourth-order valence-corrected chi connectivity index (χ4v) is 7.83. The number of nitrogens with one attached hydrogen (secondary N) is 1. The predicted octanol–water partition coefficient (Wildman–Crippen LogP) is 5.18. The molecule has 0 spiro atoms. The molecule has 5 bridgehead atoms. The fourth-order valence-electron chi connectivity index (χ4n) is 7.83. The number of hydrogen-bond donors (Lipinski definition) is 6. The summed E-state index contributed by atoms with van der Waals surface area (Å²) >= 11 is 0. The van der Waals surface area contributed by atoms with Crippen LogP contribution in [-0.2, 0) is 23.8 Å². The van der Waals surface area contributed by atoms with Crippen LogP contribution in [0.4, 0.5) is 5.69 Å². The number of nitrogens with zero attached hydrogens (tertiary/aromatic N) is 2. The minimum absolute atomic E-state index is 0.0602. The maximum Gasteiger partial charge on any atom is 0.312 e. The van der Waals surface area contributed by atoms with Gasteiger partial charge in [0.15, 0.2) is 5.75 Å². The number of ketones is 1. The molecule has 1 saturated heterocycles. The van der Waals surface area contributed by atoms with E-state index in [1.165, 1.54) is 59.4 Å². The van der Waals surface area contributed by atoms with E-state index < -0.39 is 88.8 Å². The van der Waals surface area contributed by atoms with Gasteiger partial charge in [-0.2, -0.15) is 5.10 Å². The Balaban J connectivity index is 1.71. The van der Waals surface area contributed by atoms with E-state index >= 15 is 0 Å². The highest BCUT2D eigenvalue weighted by Crippen LogP contribution is 2.55. The van der Waals surface area contributed by atoms with Crippen molar-refractivity contribution in [3.63, 3.8) is 0 Å². The van der Waals surface area contributed by atoms with Gasteiger partial charge in [-0.25, -0.2) is 0 Å². The topological polar surface area (TPSA) is 217 Å². The molecule has 4 aliphatic heterocycles. The first-order valence-corrected chi connectivity index (χ1v) is 19.2. The number of Topliss-reactive ketones (excluding diaryl/α,β-unsaturated/α-hetero) is 1. The summed E-state index contributed by atoms with van der Waals surface area (Å²) in [4.78, 5) is 40.3. The molecule has 310 valence electrons. The minimum atomic E-state index is -2.03. The van der Waals surface area contributed by atoms with Crippen molar-refractivity contribution in [3.8, 4) is 23.0 Å². The van der Waals surface area contributed by atoms with Gasteiger partial charge < -0.3 is 49.8 Å². The molecule has 15 nitrogen and oxygen atoms in total. The van der Waals surface area contributed by atoms with Crippen LogP contribution >= 0.6 is 0 Å². The molecule has 0 aliphatic carbocycles. The molecule has 9 atom stereocenters. The van der Waals surface area contributed by atoms with Gasteiger partial charge in [-0.3, -0.25) is 19.4 Å². The van der Waals surface area contributed by atoms with E-state index in [9.17, 15) is 39.9 Å². The van der Waals surface area contributed by atoms with Crippen LogP contribution in [0.2, 0.25) is 0 Å². The molecule has 4 heterocycles. The Morgan fingerprint density at radius 1 is 0.965 bits per heavy atom. The second-order valence-electron chi connectivity index (χ2n) is 15.5. The summed E-state index contributed by atoms with van der Waals surface area (Å²) < 4.78 is 23.5. The summed E-state index contributed by atoms with van der Waals surface area (Å²) in [7, 11) is 1.44. The quantitative estimate of drug-likeness (QED) is 0.102. The van der Waals surface area contributed by atoms with Crippen molar-refractivity contribution >= 4 is 40.3 Å². The summed E-state index contributed by atoms with van der Waals surface area (Å²) in [6.07, 6.45) is 6.68. The summed E-state index contributed by atoms with van der Waals surface area (Å²) in [5, 5.41) is 66.5. The predicted molar refractivity (Wildman–Crippen MR) is 212 cm³/mol. The first-order valence-electron chi connectivity index (χ1n) is 19.2. The van der Waals surface area contributed by atoms with Crippen molar-refractivity contribution < 1.29 is 58.9 Å². The molecule has 0 saturated carbocycles. The summed E-state index contributed by atoms with van der Waals surface area (Å²) in [6.45, 7) is 13.8. The van der Waals surface area contributed by atoms with Crippen LogP contribution in [0.15, 0.2) is 41.2 Å². The number of phenols is 3. The van der Waals surface area contributed by atoms with E-state index in [-0.39, 0.29) is 44.5 Å². The van der Waals surface area contributed by atoms with Crippen molar-refractivity contribution in [3.05, 3.63) is 52.8 Å². The van der Waals surface area contributed by atoms with Crippen LogP contribution in [-0.4, -0.2) is 105 Å². The van der Waals surface area contributed by atoms with Gasteiger partial charge in [0.25, 0.3) is 11.7 Å². The smallest absolute Gasteiger partial charge is 0.312 e. The number of fused-ring (bicyclic) bond motifs is 14. The van der Waals surface area contributed by atoms with Gasteiger partial charge in [-0.05, 0) is 32.8 Å². The molecular formula is C42H55N3O12. The molecular weight excluding hydrogens is 738 g/mol. The molecule has 15 heteroatoms. The number of anilines is 1. The maximum atomic E-state index is 14.4. The van der Waals surface area contributed by atoms with Crippen molar-refractivity contribution in [2.24, 2.45) is 28.8 Å². The Morgan fingerprint density at radius 3 is 2.26 bits per heavy atom. The largest absolute Gasteiger partial charge is 0.507 e. The number of esters is 1. The van der Waals surface area contributed by atoms with Crippen LogP contribution in [0.3, 0.4) is 0 Å². The van der Waals surface area contributed by atoms with Crippen molar-refractivity contribution in [1.29, 1.82) is 0 Å². The number of hydrogen-bond acceptors (Lipinski definition) is 14. The zero-order valence-electron chi connectivity index (χ0n) is 33.9. The average Bonchev–Trinajstić information content (AvgIpc) is 3.79. The summed E-state index contributed by atoms with van der Waals surface area (Å²) in [5.74, 6) is -8.28.